The van der Waals surface area contributed by atoms with E-state index in [2.05, 4.69) is 4.98 Å². The molecule has 1 aromatic heterocycles. The van der Waals surface area contributed by atoms with Crippen LogP contribution in [0.25, 0.3) is 0 Å². The molecule has 0 saturated carbocycles. The van der Waals surface area contributed by atoms with Gasteiger partial charge in [-0.25, -0.2) is 4.39 Å². The largest absolute Gasteiger partial charge is 0.363 e. The highest BCUT2D eigenvalue weighted by Crippen LogP contribution is 2.33. The summed E-state index contributed by atoms with van der Waals surface area (Å²) in [5.74, 6) is -0.500. The van der Waals surface area contributed by atoms with Crippen molar-refractivity contribution < 1.29 is 18.7 Å². The second kappa shape index (κ2) is 7.91. The summed E-state index contributed by atoms with van der Waals surface area (Å²) in [6.45, 7) is 3.48. The van der Waals surface area contributed by atoms with Gasteiger partial charge in [-0.2, -0.15) is 0 Å². The first-order valence-corrected chi connectivity index (χ1v) is 9.88. The molecule has 1 spiro atoms. The summed E-state index contributed by atoms with van der Waals surface area (Å²) in [5.41, 5.74) is 1.63. The molecule has 2 saturated heterocycles. The van der Waals surface area contributed by atoms with Crippen LogP contribution < -0.4 is 4.90 Å². The zero-order valence-corrected chi connectivity index (χ0v) is 16.4. The van der Waals surface area contributed by atoms with Crippen molar-refractivity contribution >= 4 is 17.5 Å². The van der Waals surface area contributed by atoms with Crippen LogP contribution in [0.2, 0.25) is 0 Å². The maximum Gasteiger partial charge on any atom is 0.255 e. The zero-order chi connectivity index (χ0) is 20.4. The lowest BCUT2D eigenvalue weighted by Crippen LogP contribution is -2.55. The monoisotopic (exact) mass is 397 g/mol. The van der Waals surface area contributed by atoms with E-state index in [4.69, 9.17) is 4.74 Å². The molecule has 0 bridgehead atoms. The lowest BCUT2D eigenvalue weighted by Gasteiger charge is -2.42. The zero-order valence-electron chi connectivity index (χ0n) is 16.4. The number of aryl methyl sites for hydroxylation is 1. The van der Waals surface area contributed by atoms with Crippen molar-refractivity contribution in [3.05, 3.63) is 59.7 Å². The number of nitrogens with zero attached hydrogens (tertiary/aromatic N) is 3. The Hall–Kier alpha value is -2.80. The number of amides is 2. The summed E-state index contributed by atoms with van der Waals surface area (Å²) in [5, 5.41) is 0. The highest BCUT2D eigenvalue weighted by atomic mass is 19.1. The van der Waals surface area contributed by atoms with Crippen LogP contribution in [0.4, 0.5) is 10.1 Å². The van der Waals surface area contributed by atoms with Crippen LogP contribution in [0, 0.1) is 12.7 Å². The van der Waals surface area contributed by atoms with Gasteiger partial charge in [0.25, 0.3) is 11.8 Å². The first kappa shape index (κ1) is 19.5. The molecule has 2 aliphatic rings. The van der Waals surface area contributed by atoms with Crippen LogP contribution in [-0.4, -0.2) is 53.5 Å². The van der Waals surface area contributed by atoms with Crippen LogP contribution in [0.15, 0.2) is 42.6 Å². The summed E-state index contributed by atoms with van der Waals surface area (Å²) in [4.78, 5) is 33.0. The normalized spacial score (nSPS) is 22.6. The number of morpholine rings is 1. The van der Waals surface area contributed by atoms with Crippen molar-refractivity contribution in [2.24, 2.45) is 0 Å². The van der Waals surface area contributed by atoms with Gasteiger partial charge in [-0.05, 0) is 62.6 Å². The number of pyridine rings is 1. The number of ether oxygens (including phenoxy) is 1. The van der Waals surface area contributed by atoms with E-state index in [1.54, 1.807) is 29.3 Å². The number of benzene rings is 1. The predicted octanol–water partition coefficient (Wildman–Crippen LogP) is 2.96. The molecule has 0 N–H and O–H groups in total. The van der Waals surface area contributed by atoms with Gasteiger partial charge in [-0.3, -0.25) is 14.6 Å². The van der Waals surface area contributed by atoms with Crippen molar-refractivity contribution in [2.75, 3.05) is 31.1 Å². The molecule has 1 atom stereocenters. The number of likely N-dealkylation sites (tertiary alicyclic amines) is 1. The first-order chi connectivity index (χ1) is 14.0. The van der Waals surface area contributed by atoms with Gasteiger partial charge in [-0.1, -0.05) is 0 Å². The van der Waals surface area contributed by atoms with E-state index in [-0.39, 0.29) is 24.2 Å². The number of hydrogen-bond acceptors (Lipinski definition) is 4. The van der Waals surface area contributed by atoms with E-state index in [0.29, 0.717) is 37.3 Å². The predicted molar refractivity (Wildman–Crippen MR) is 106 cm³/mol. The van der Waals surface area contributed by atoms with Crippen LogP contribution in [-0.2, 0) is 9.53 Å². The fourth-order valence-electron chi connectivity index (χ4n) is 4.02. The van der Waals surface area contributed by atoms with Gasteiger partial charge in [-0.15, -0.1) is 0 Å². The van der Waals surface area contributed by atoms with Gasteiger partial charge in [0.2, 0.25) is 0 Å². The molecule has 29 heavy (non-hydrogen) atoms. The van der Waals surface area contributed by atoms with Gasteiger partial charge < -0.3 is 14.5 Å². The molecule has 0 radical (unpaired) electrons. The number of anilines is 1. The fraction of sp³-hybridized carbons (Fsp3) is 0.409. The summed E-state index contributed by atoms with van der Waals surface area (Å²) < 4.78 is 19.3. The molecule has 3 heterocycles. The van der Waals surface area contributed by atoms with Crippen molar-refractivity contribution in [1.82, 2.24) is 9.88 Å². The van der Waals surface area contributed by atoms with Crippen molar-refractivity contribution in [3.63, 3.8) is 0 Å². The third-order valence-corrected chi connectivity index (χ3v) is 5.73. The second-order valence-electron chi connectivity index (χ2n) is 7.76. The highest BCUT2D eigenvalue weighted by Gasteiger charge is 2.42. The van der Waals surface area contributed by atoms with Gasteiger partial charge in [0, 0.05) is 30.7 Å². The van der Waals surface area contributed by atoms with E-state index >= 15 is 0 Å². The first-order valence-electron chi connectivity index (χ1n) is 9.88. The summed E-state index contributed by atoms with van der Waals surface area (Å²) in [6, 6.07) is 9.58. The van der Waals surface area contributed by atoms with Crippen LogP contribution in [0.5, 0.6) is 0 Å². The van der Waals surface area contributed by atoms with Crippen LogP contribution in [0.1, 0.15) is 35.3 Å². The smallest absolute Gasteiger partial charge is 0.255 e. The lowest BCUT2D eigenvalue weighted by molar-refractivity contribution is -0.140. The number of hydrogen-bond donors (Lipinski definition) is 0. The third kappa shape index (κ3) is 4.15. The molecule has 1 aromatic carbocycles. The maximum absolute atomic E-state index is 13.3. The number of halogens is 1. The molecule has 0 aliphatic carbocycles. The van der Waals surface area contributed by atoms with Crippen molar-refractivity contribution in [2.45, 2.75) is 31.8 Å². The van der Waals surface area contributed by atoms with Gasteiger partial charge in [0.1, 0.15) is 12.4 Å². The van der Waals surface area contributed by atoms with E-state index < -0.39 is 5.60 Å². The Morgan fingerprint density at radius 3 is 2.66 bits per heavy atom. The van der Waals surface area contributed by atoms with E-state index in [9.17, 15) is 14.0 Å². The summed E-state index contributed by atoms with van der Waals surface area (Å²) in [6.07, 6.45) is 3.80. The second-order valence-corrected chi connectivity index (χ2v) is 7.76. The standard InChI is InChI=1S/C22H24FN3O3/c1-16-3-4-17(13-24-16)21(28)25-11-2-9-22(10-12-25)15-26(20(27)14-29-22)19-7-5-18(23)6-8-19/h3-8,13H,2,9-12,14-15H2,1H3. The van der Waals surface area contributed by atoms with Gasteiger partial charge in [0.15, 0.2) is 0 Å². The molecule has 1 unspecified atom stereocenters. The SMILES string of the molecule is Cc1ccc(C(=O)N2CCCC3(CC2)CN(c2ccc(F)cc2)C(=O)CO3)cn1. The summed E-state index contributed by atoms with van der Waals surface area (Å²) >= 11 is 0. The van der Waals surface area contributed by atoms with Gasteiger partial charge in [0.05, 0.1) is 17.7 Å². The average Bonchev–Trinajstić information content (AvgIpc) is 2.93. The topological polar surface area (TPSA) is 62.7 Å². The van der Waals surface area contributed by atoms with E-state index in [0.717, 1.165) is 18.5 Å². The Labute approximate surface area is 169 Å². The Balaban J connectivity index is 1.47. The minimum atomic E-state index is -0.497. The molecule has 6 nitrogen and oxygen atoms in total. The Bertz CT molecular complexity index is 901. The van der Waals surface area contributed by atoms with E-state index in [1.165, 1.54) is 12.1 Å². The molecule has 2 fully saturated rings. The molecule has 7 heteroatoms. The molecular formula is C22H24FN3O3. The Kier molecular flexibility index (Phi) is 5.32. The highest BCUT2D eigenvalue weighted by molar-refractivity contribution is 5.95. The quantitative estimate of drug-likeness (QED) is 0.782. The number of carbonyl (C=O) groups is 2. The van der Waals surface area contributed by atoms with E-state index in [1.807, 2.05) is 17.9 Å². The fourth-order valence-corrected chi connectivity index (χ4v) is 4.02. The number of rotatable bonds is 2. The average molecular weight is 397 g/mol. The maximum atomic E-state index is 13.3. The molecule has 152 valence electrons. The number of aromatic nitrogens is 1. The van der Waals surface area contributed by atoms with Crippen LogP contribution >= 0.6 is 0 Å². The van der Waals surface area contributed by atoms with Crippen LogP contribution in [0.3, 0.4) is 0 Å². The minimum absolute atomic E-state index is 0.00674. The Morgan fingerprint density at radius 2 is 1.93 bits per heavy atom. The number of carbonyl (C=O) groups excluding carboxylic acids is 2. The lowest BCUT2D eigenvalue weighted by atomic mass is 9.92. The molecule has 4 rings (SSSR count). The van der Waals surface area contributed by atoms with Gasteiger partial charge >= 0.3 is 0 Å². The summed E-state index contributed by atoms with van der Waals surface area (Å²) in [7, 11) is 0. The minimum Gasteiger partial charge on any atom is -0.363 e. The molecule has 2 aliphatic heterocycles. The van der Waals surface area contributed by atoms with Crippen molar-refractivity contribution in [1.29, 1.82) is 0 Å². The third-order valence-electron chi connectivity index (χ3n) is 5.73. The van der Waals surface area contributed by atoms with Crippen molar-refractivity contribution in [3.8, 4) is 0 Å². The Morgan fingerprint density at radius 1 is 1.14 bits per heavy atom. The molecular weight excluding hydrogens is 373 g/mol. The molecule has 2 amide bonds. The molecule has 2 aromatic rings.